The molecule has 0 fully saturated rings. The number of esters is 1. The highest BCUT2D eigenvalue weighted by atomic mass is 32.1. The van der Waals surface area contributed by atoms with Crippen LogP contribution in [0.4, 0.5) is 0 Å². The molecule has 1 N–H and O–H groups in total. The second-order valence-corrected chi connectivity index (χ2v) is 7.05. The van der Waals surface area contributed by atoms with Crippen molar-refractivity contribution in [3.05, 3.63) is 57.9 Å². The van der Waals surface area contributed by atoms with Crippen molar-refractivity contribution in [2.45, 2.75) is 25.8 Å². The van der Waals surface area contributed by atoms with Crippen molar-refractivity contribution >= 4 is 28.2 Å². The molecule has 1 aromatic carbocycles. The zero-order valence-corrected chi connectivity index (χ0v) is 15.6. The van der Waals surface area contributed by atoms with Gasteiger partial charge in [0.2, 0.25) is 0 Å². The van der Waals surface area contributed by atoms with Crippen molar-refractivity contribution in [2.75, 3.05) is 7.11 Å². The third kappa shape index (κ3) is 3.72. The number of ether oxygens (including phenoxy) is 1. The van der Waals surface area contributed by atoms with E-state index in [1.54, 1.807) is 17.4 Å². The minimum atomic E-state index is -0.331. The number of hydrogen-bond donors (Lipinski definition) is 1. The van der Waals surface area contributed by atoms with Crippen LogP contribution in [-0.4, -0.2) is 43.3 Å². The van der Waals surface area contributed by atoms with Gasteiger partial charge in [-0.05, 0) is 30.2 Å². The molecule has 0 spiro atoms. The van der Waals surface area contributed by atoms with Crippen LogP contribution in [0.3, 0.4) is 0 Å². The lowest BCUT2D eigenvalue weighted by atomic mass is 10.1. The van der Waals surface area contributed by atoms with E-state index in [0.29, 0.717) is 17.8 Å². The predicted molar refractivity (Wildman–Crippen MR) is 101 cm³/mol. The molecule has 3 heterocycles. The van der Waals surface area contributed by atoms with Gasteiger partial charge in [0, 0.05) is 48.1 Å². The first-order valence-corrected chi connectivity index (χ1v) is 9.43. The third-order valence-corrected chi connectivity index (χ3v) is 5.28. The van der Waals surface area contributed by atoms with Gasteiger partial charge in [-0.1, -0.05) is 5.21 Å². The summed E-state index contributed by atoms with van der Waals surface area (Å²) in [5.74, 6) is 0.342. The number of aromatic amines is 1. The van der Waals surface area contributed by atoms with E-state index in [1.807, 2.05) is 23.7 Å². The summed E-state index contributed by atoms with van der Waals surface area (Å²) >= 11 is 1.66. The van der Waals surface area contributed by atoms with Gasteiger partial charge in [0.25, 0.3) is 0 Å². The number of aromatic nitrogens is 6. The Hall–Kier alpha value is -3.07. The van der Waals surface area contributed by atoms with Crippen LogP contribution in [0.1, 0.15) is 26.8 Å². The Bertz CT molecular complexity index is 1040. The molecular formula is C18H18N6O2S. The number of carbonyl (C=O) groups excluding carboxylic acids is 1. The number of hydrogen-bond acceptors (Lipinski definition) is 7. The first kappa shape index (κ1) is 17.3. The Morgan fingerprint density at radius 2 is 2.22 bits per heavy atom. The maximum atomic E-state index is 11.9. The Kier molecular flexibility index (Phi) is 4.93. The highest BCUT2D eigenvalue weighted by Crippen LogP contribution is 2.25. The normalized spacial score (nSPS) is 11.1. The summed E-state index contributed by atoms with van der Waals surface area (Å²) in [6.07, 6.45) is 6.35. The molecule has 0 unspecified atom stereocenters. The smallest absolute Gasteiger partial charge is 0.337 e. The van der Waals surface area contributed by atoms with Gasteiger partial charge in [-0.3, -0.25) is 0 Å². The topological polar surface area (TPSA) is 98.6 Å². The average Bonchev–Trinajstić information content (AvgIpc) is 3.45. The average molecular weight is 382 g/mol. The van der Waals surface area contributed by atoms with Gasteiger partial charge >= 0.3 is 5.97 Å². The summed E-state index contributed by atoms with van der Waals surface area (Å²) in [4.78, 5) is 16.3. The molecule has 4 rings (SSSR count). The summed E-state index contributed by atoms with van der Waals surface area (Å²) in [5, 5.41) is 18.2. The van der Waals surface area contributed by atoms with Crippen LogP contribution < -0.4 is 0 Å². The lowest BCUT2D eigenvalue weighted by Gasteiger charge is -2.04. The molecule has 138 valence electrons. The number of tetrazole rings is 1. The summed E-state index contributed by atoms with van der Waals surface area (Å²) in [6, 6.07) is 5.66. The minimum Gasteiger partial charge on any atom is -0.465 e. The van der Waals surface area contributed by atoms with Crippen molar-refractivity contribution in [1.29, 1.82) is 0 Å². The molecule has 9 heteroatoms. The standard InChI is InChI=1S/C18H18N6O2S/c1-26-18(25)12-2-4-15-14(10-12)13(3-5-17-19-7-9-27-17)11-24(15)8-6-16-20-22-23-21-16/h2,4,7,9-11H,3,5-6,8H2,1H3,(H,20,21,22,23). The summed E-state index contributed by atoms with van der Waals surface area (Å²) in [6.45, 7) is 0.727. The van der Waals surface area contributed by atoms with E-state index in [0.717, 1.165) is 35.3 Å². The first-order chi connectivity index (χ1) is 13.2. The first-order valence-electron chi connectivity index (χ1n) is 8.55. The molecule has 4 aromatic rings. The number of rotatable bonds is 7. The molecule has 0 aliphatic rings. The zero-order chi connectivity index (χ0) is 18.6. The maximum Gasteiger partial charge on any atom is 0.337 e. The SMILES string of the molecule is COC(=O)c1ccc2c(c1)c(CCc1nccs1)cn2CCc1nn[nH]n1. The Morgan fingerprint density at radius 3 is 2.96 bits per heavy atom. The number of fused-ring (bicyclic) bond motifs is 1. The van der Waals surface area contributed by atoms with E-state index < -0.39 is 0 Å². The number of carbonyl (C=O) groups is 1. The number of nitrogens with one attached hydrogen (secondary N) is 1. The van der Waals surface area contributed by atoms with Gasteiger partial charge in [0.05, 0.1) is 17.7 Å². The van der Waals surface area contributed by atoms with Gasteiger partial charge in [-0.2, -0.15) is 5.21 Å². The zero-order valence-electron chi connectivity index (χ0n) is 14.8. The maximum absolute atomic E-state index is 11.9. The highest BCUT2D eigenvalue weighted by Gasteiger charge is 2.14. The van der Waals surface area contributed by atoms with Crippen molar-refractivity contribution in [3.63, 3.8) is 0 Å². The summed E-state index contributed by atoms with van der Waals surface area (Å²) < 4.78 is 7.04. The van der Waals surface area contributed by atoms with Crippen molar-refractivity contribution in [3.8, 4) is 0 Å². The third-order valence-electron chi connectivity index (χ3n) is 4.44. The summed E-state index contributed by atoms with van der Waals surface area (Å²) in [7, 11) is 1.39. The van der Waals surface area contributed by atoms with E-state index >= 15 is 0 Å². The Balaban J connectivity index is 1.65. The molecule has 0 amide bonds. The number of benzene rings is 1. The van der Waals surface area contributed by atoms with Crippen LogP contribution >= 0.6 is 11.3 Å². The monoisotopic (exact) mass is 382 g/mol. The number of methoxy groups -OCH3 is 1. The fourth-order valence-electron chi connectivity index (χ4n) is 3.13. The van der Waals surface area contributed by atoms with Crippen LogP contribution in [0.15, 0.2) is 36.0 Å². The van der Waals surface area contributed by atoms with Crippen LogP contribution in [0, 0.1) is 0 Å². The molecular weight excluding hydrogens is 364 g/mol. The van der Waals surface area contributed by atoms with Gasteiger partial charge in [-0.15, -0.1) is 21.5 Å². The quantitative estimate of drug-likeness (QED) is 0.493. The second-order valence-electron chi connectivity index (χ2n) is 6.08. The number of thiazole rings is 1. The molecule has 3 aromatic heterocycles. The highest BCUT2D eigenvalue weighted by molar-refractivity contribution is 7.09. The van der Waals surface area contributed by atoms with Crippen molar-refractivity contribution in [2.24, 2.45) is 0 Å². The number of nitrogens with zero attached hydrogens (tertiary/aromatic N) is 5. The fourth-order valence-corrected chi connectivity index (χ4v) is 3.75. The molecule has 0 aliphatic carbocycles. The fraction of sp³-hybridized carbons (Fsp3) is 0.278. The van der Waals surface area contributed by atoms with Crippen LogP contribution in [0.2, 0.25) is 0 Å². The molecule has 0 aliphatic heterocycles. The molecule has 0 radical (unpaired) electrons. The Morgan fingerprint density at radius 1 is 1.30 bits per heavy atom. The molecule has 0 atom stereocenters. The molecule has 0 saturated carbocycles. The number of H-pyrrole nitrogens is 1. The largest absolute Gasteiger partial charge is 0.465 e. The van der Waals surface area contributed by atoms with Crippen LogP contribution in [0.5, 0.6) is 0 Å². The summed E-state index contributed by atoms with van der Waals surface area (Å²) in [5.41, 5.74) is 2.80. The van der Waals surface area contributed by atoms with Crippen LogP contribution in [0.25, 0.3) is 10.9 Å². The predicted octanol–water partition coefficient (Wildman–Crippen LogP) is 2.43. The number of aryl methyl sites for hydroxylation is 4. The lowest BCUT2D eigenvalue weighted by molar-refractivity contribution is 0.0601. The van der Waals surface area contributed by atoms with Gasteiger partial charge < -0.3 is 9.30 Å². The second kappa shape index (κ2) is 7.67. The van der Waals surface area contributed by atoms with E-state index in [1.165, 1.54) is 12.7 Å². The molecule has 0 saturated heterocycles. The van der Waals surface area contributed by atoms with Crippen molar-refractivity contribution < 1.29 is 9.53 Å². The molecule has 27 heavy (non-hydrogen) atoms. The van der Waals surface area contributed by atoms with E-state index in [4.69, 9.17) is 4.74 Å². The minimum absolute atomic E-state index is 0.331. The van der Waals surface area contributed by atoms with Gasteiger partial charge in [0.15, 0.2) is 5.82 Å². The molecule has 0 bridgehead atoms. The molecule has 8 nitrogen and oxygen atoms in total. The van der Waals surface area contributed by atoms with Gasteiger partial charge in [-0.25, -0.2) is 9.78 Å². The lowest BCUT2D eigenvalue weighted by Crippen LogP contribution is -2.03. The van der Waals surface area contributed by atoms with Crippen LogP contribution in [-0.2, 0) is 30.5 Å². The Labute approximate surface area is 159 Å². The van der Waals surface area contributed by atoms with E-state index in [2.05, 4.69) is 36.4 Å². The van der Waals surface area contributed by atoms with Gasteiger partial charge in [0.1, 0.15) is 0 Å². The van der Waals surface area contributed by atoms with E-state index in [-0.39, 0.29) is 5.97 Å². The van der Waals surface area contributed by atoms with Crippen molar-refractivity contribution in [1.82, 2.24) is 30.2 Å². The van der Waals surface area contributed by atoms with E-state index in [9.17, 15) is 4.79 Å².